The first-order chi connectivity index (χ1) is 10.7. The lowest BCUT2D eigenvalue weighted by molar-refractivity contribution is 0.839. The predicted molar refractivity (Wildman–Crippen MR) is 89.7 cm³/mol. The summed E-state index contributed by atoms with van der Waals surface area (Å²) >= 11 is 0. The molecule has 0 aliphatic rings. The molecule has 0 saturated carbocycles. The van der Waals surface area contributed by atoms with Crippen LogP contribution in [0.15, 0.2) is 59.4 Å². The maximum atomic E-state index is 13.0. The number of imidazole rings is 1. The van der Waals surface area contributed by atoms with E-state index >= 15 is 0 Å². The highest BCUT2D eigenvalue weighted by atomic mass is 16.1. The Kier molecular flexibility index (Phi) is 2.76. The molecule has 108 valence electrons. The minimum absolute atomic E-state index is 0.0371. The van der Waals surface area contributed by atoms with Gasteiger partial charge in [0.1, 0.15) is 5.82 Å². The number of hydrogen-bond donors (Lipinski definition) is 0. The van der Waals surface area contributed by atoms with Gasteiger partial charge in [-0.15, -0.1) is 0 Å². The molecule has 0 radical (unpaired) electrons. The molecule has 0 aliphatic heterocycles. The summed E-state index contributed by atoms with van der Waals surface area (Å²) in [6.07, 6.45) is 0. The van der Waals surface area contributed by atoms with E-state index in [2.05, 4.69) is 0 Å². The molecule has 0 aliphatic carbocycles. The van der Waals surface area contributed by atoms with Crippen molar-refractivity contribution in [2.75, 3.05) is 0 Å². The zero-order valence-electron chi connectivity index (χ0n) is 12.6. The van der Waals surface area contributed by atoms with Gasteiger partial charge in [0.05, 0.1) is 11.0 Å². The Bertz CT molecular complexity index is 1020. The molecular formula is C19H16N2O. The van der Waals surface area contributed by atoms with E-state index in [1.165, 1.54) is 0 Å². The zero-order chi connectivity index (χ0) is 15.3. The van der Waals surface area contributed by atoms with Crippen molar-refractivity contribution < 1.29 is 0 Å². The number of aromatic nitrogens is 2. The standard InChI is InChI=1S/C19H16N2O/c1-12(2)15-11-14-9-6-10-16-17(14)21(19(15)22)18(20-16)13-7-4-3-5-8-13/h3-12H,1-2H3. The van der Waals surface area contributed by atoms with E-state index in [0.717, 1.165) is 33.4 Å². The number of para-hydroxylation sites is 1. The first-order valence-corrected chi connectivity index (χ1v) is 7.50. The molecule has 0 spiro atoms. The molecule has 0 amide bonds. The summed E-state index contributed by atoms with van der Waals surface area (Å²) in [6.45, 7) is 4.10. The summed E-state index contributed by atoms with van der Waals surface area (Å²) in [7, 11) is 0. The fraction of sp³-hybridized carbons (Fsp3) is 0.158. The van der Waals surface area contributed by atoms with Crippen LogP contribution in [0.2, 0.25) is 0 Å². The van der Waals surface area contributed by atoms with Crippen molar-refractivity contribution in [2.45, 2.75) is 19.8 Å². The quantitative estimate of drug-likeness (QED) is 0.557. The second-order valence-electron chi connectivity index (χ2n) is 5.91. The van der Waals surface area contributed by atoms with Gasteiger partial charge in [-0.3, -0.25) is 9.20 Å². The topological polar surface area (TPSA) is 34.4 Å². The average Bonchev–Trinajstić information content (AvgIpc) is 2.92. The number of pyridine rings is 1. The molecule has 22 heavy (non-hydrogen) atoms. The van der Waals surface area contributed by atoms with Gasteiger partial charge in [0.2, 0.25) is 0 Å². The SMILES string of the molecule is CC(C)c1cc2cccc3nc(-c4ccccc4)n(c1=O)c23. The van der Waals surface area contributed by atoms with E-state index in [1.807, 2.05) is 68.4 Å². The molecule has 0 saturated heterocycles. The van der Waals surface area contributed by atoms with Crippen LogP contribution in [0, 0.1) is 0 Å². The lowest BCUT2D eigenvalue weighted by Crippen LogP contribution is -2.19. The first kappa shape index (κ1) is 13.0. The number of nitrogens with zero attached hydrogens (tertiary/aromatic N) is 2. The maximum Gasteiger partial charge on any atom is 0.260 e. The summed E-state index contributed by atoms with van der Waals surface area (Å²) in [5, 5.41) is 1.07. The van der Waals surface area contributed by atoms with E-state index < -0.39 is 0 Å². The van der Waals surface area contributed by atoms with Crippen molar-refractivity contribution in [3.8, 4) is 11.4 Å². The van der Waals surface area contributed by atoms with Crippen LogP contribution in [-0.4, -0.2) is 9.38 Å². The molecule has 2 heterocycles. The lowest BCUT2D eigenvalue weighted by Gasteiger charge is -2.08. The Hall–Kier alpha value is -2.68. The van der Waals surface area contributed by atoms with E-state index in [-0.39, 0.29) is 11.5 Å². The minimum atomic E-state index is 0.0371. The first-order valence-electron chi connectivity index (χ1n) is 7.50. The van der Waals surface area contributed by atoms with E-state index in [9.17, 15) is 4.79 Å². The normalized spacial score (nSPS) is 11.8. The average molecular weight is 288 g/mol. The van der Waals surface area contributed by atoms with E-state index in [1.54, 1.807) is 4.40 Å². The van der Waals surface area contributed by atoms with Gasteiger partial charge in [0.15, 0.2) is 0 Å². The Morgan fingerprint density at radius 3 is 2.50 bits per heavy atom. The van der Waals surface area contributed by atoms with Gasteiger partial charge in [-0.1, -0.05) is 56.3 Å². The molecule has 0 bridgehead atoms. The fourth-order valence-corrected chi connectivity index (χ4v) is 3.02. The minimum Gasteiger partial charge on any atom is -0.269 e. The van der Waals surface area contributed by atoms with Gasteiger partial charge in [0, 0.05) is 16.5 Å². The highest BCUT2D eigenvalue weighted by Gasteiger charge is 2.18. The van der Waals surface area contributed by atoms with Crippen molar-refractivity contribution in [3.05, 3.63) is 70.5 Å². The number of hydrogen-bond acceptors (Lipinski definition) is 2. The van der Waals surface area contributed by atoms with Gasteiger partial charge in [0.25, 0.3) is 5.56 Å². The Balaban J connectivity index is 2.22. The summed E-state index contributed by atoms with van der Waals surface area (Å²) in [5.74, 6) is 0.904. The predicted octanol–water partition coefficient (Wildman–Crippen LogP) is 4.08. The highest BCUT2D eigenvalue weighted by molar-refractivity contribution is 5.96. The summed E-state index contributed by atoms with van der Waals surface area (Å²) in [5.41, 5.74) is 3.60. The van der Waals surface area contributed by atoms with Gasteiger partial charge in [-0.2, -0.15) is 0 Å². The van der Waals surface area contributed by atoms with Crippen molar-refractivity contribution in [1.29, 1.82) is 0 Å². The van der Waals surface area contributed by atoms with Gasteiger partial charge in [-0.05, 0) is 18.1 Å². The van der Waals surface area contributed by atoms with Gasteiger partial charge < -0.3 is 0 Å². The Morgan fingerprint density at radius 1 is 1.00 bits per heavy atom. The Labute approximate surface area is 128 Å². The second kappa shape index (κ2) is 4.67. The third-order valence-corrected chi connectivity index (χ3v) is 4.12. The zero-order valence-corrected chi connectivity index (χ0v) is 12.6. The van der Waals surface area contributed by atoms with Crippen LogP contribution >= 0.6 is 0 Å². The van der Waals surface area contributed by atoms with Crippen LogP contribution in [0.5, 0.6) is 0 Å². The van der Waals surface area contributed by atoms with Crippen LogP contribution < -0.4 is 5.56 Å². The van der Waals surface area contributed by atoms with E-state index in [0.29, 0.717) is 0 Å². The molecule has 2 aromatic carbocycles. The molecule has 3 nitrogen and oxygen atoms in total. The summed E-state index contributed by atoms with van der Waals surface area (Å²) in [4.78, 5) is 17.7. The van der Waals surface area contributed by atoms with Crippen LogP contribution in [0.1, 0.15) is 25.3 Å². The molecule has 2 aromatic heterocycles. The molecule has 0 atom stereocenters. The maximum absolute atomic E-state index is 13.0. The molecule has 0 unspecified atom stereocenters. The fourth-order valence-electron chi connectivity index (χ4n) is 3.02. The largest absolute Gasteiger partial charge is 0.269 e. The third-order valence-electron chi connectivity index (χ3n) is 4.12. The van der Waals surface area contributed by atoms with Crippen molar-refractivity contribution >= 4 is 16.4 Å². The molecule has 4 aromatic rings. The molecular weight excluding hydrogens is 272 g/mol. The van der Waals surface area contributed by atoms with Crippen LogP contribution in [0.25, 0.3) is 27.8 Å². The summed E-state index contributed by atoms with van der Waals surface area (Å²) in [6, 6.07) is 17.9. The van der Waals surface area contributed by atoms with Gasteiger partial charge in [-0.25, -0.2) is 4.98 Å². The van der Waals surface area contributed by atoms with Crippen molar-refractivity contribution in [1.82, 2.24) is 9.38 Å². The number of rotatable bonds is 2. The van der Waals surface area contributed by atoms with Crippen molar-refractivity contribution in [2.24, 2.45) is 0 Å². The van der Waals surface area contributed by atoms with Crippen LogP contribution in [0.3, 0.4) is 0 Å². The smallest absolute Gasteiger partial charge is 0.260 e. The highest BCUT2D eigenvalue weighted by Crippen LogP contribution is 2.27. The van der Waals surface area contributed by atoms with Crippen LogP contribution in [-0.2, 0) is 0 Å². The summed E-state index contributed by atoms with van der Waals surface area (Å²) < 4.78 is 1.77. The molecule has 0 fully saturated rings. The van der Waals surface area contributed by atoms with Crippen molar-refractivity contribution in [3.63, 3.8) is 0 Å². The second-order valence-corrected chi connectivity index (χ2v) is 5.91. The molecule has 0 N–H and O–H groups in total. The monoisotopic (exact) mass is 288 g/mol. The molecule has 4 rings (SSSR count). The van der Waals surface area contributed by atoms with E-state index in [4.69, 9.17) is 4.98 Å². The van der Waals surface area contributed by atoms with Crippen LogP contribution in [0.4, 0.5) is 0 Å². The lowest BCUT2D eigenvalue weighted by atomic mass is 10.0. The molecule has 3 heteroatoms. The number of benzene rings is 2. The van der Waals surface area contributed by atoms with Gasteiger partial charge >= 0.3 is 0 Å². The third kappa shape index (κ3) is 1.75. The Morgan fingerprint density at radius 2 is 1.77 bits per heavy atom.